The molecule has 1 aromatic rings. The summed E-state index contributed by atoms with van der Waals surface area (Å²) in [6, 6.07) is 7.05. The molecular weight excluding hydrogens is 234 g/mol. The van der Waals surface area contributed by atoms with Crippen molar-refractivity contribution in [1.82, 2.24) is 0 Å². The van der Waals surface area contributed by atoms with Gasteiger partial charge in [0.1, 0.15) is 0 Å². The average Bonchev–Trinajstić information content (AvgIpc) is 2.20. The summed E-state index contributed by atoms with van der Waals surface area (Å²) in [5.41, 5.74) is 6.11. The summed E-state index contributed by atoms with van der Waals surface area (Å²) < 4.78 is 0. The Kier molecular flexibility index (Phi) is 6.39. The summed E-state index contributed by atoms with van der Waals surface area (Å²) in [5.74, 6) is -2.51. The molecule has 0 bridgehead atoms. The highest BCUT2D eigenvalue weighted by Gasteiger charge is 1.88. The highest BCUT2D eigenvalue weighted by atomic mass is 35.5. The predicted molar refractivity (Wildman–Crippen MR) is 60.3 cm³/mol. The van der Waals surface area contributed by atoms with Gasteiger partial charge in [0.25, 0.3) is 0 Å². The number of rotatable bonds is 2. The highest BCUT2D eigenvalue weighted by molar-refractivity contribution is 6.30. The molecule has 0 amide bonds. The number of nitrogens with two attached hydrogens (primary N) is 1. The molecular formula is C10H10ClNO4. The largest absolute Gasteiger partial charge is 0.478 e. The van der Waals surface area contributed by atoms with Gasteiger partial charge in [-0.15, -0.1) is 0 Å². The van der Waals surface area contributed by atoms with Gasteiger partial charge >= 0.3 is 11.9 Å². The first-order valence-electron chi connectivity index (χ1n) is 4.07. The summed E-state index contributed by atoms with van der Waals surface area (Å²) in [4.78, 5) is 19.1. The van der Waals surface area contributed by atoms with Crippen molar-refractivity contribution >= 4 is 29.2 Å². The van der Waals surface area contributed by atoms with Crippen molar-refractivity contribution in [3.05, 3.63) is 41.4 Å². The number of hydrogen-bond acceptors (Lipinski definition) is 3. The van der Waals surface area contributed by atoms with E-state index in [4.69, 9.17) is 27.5 Å². The Morgan fingerprint density at radius 2 is 1.44 bits per heavy atom. The number of carboxylic acid groups (broad SMARTS) is 2. The number of hydrogen-bond donors (Lipinski definition) is 3. The fourth-order valence-electron chi connectivity index (χ4n) is 0.605. The van der Waals surface area contributed by atoms with E-state index >= 15 is 0 Å². The monoisotopic (exact) mass is 243 g/mol. The van der Waals surface area contributed by atoms with Crippen LogP contribution in [0.25, 0.3) is 0 Å². The van der Waals surface area contributed by atoms with Crippen LogP contribution in [0.3, 0.4) is 0 Å². The Morgan fingerprint density at radius 1 is 1.06 bits per heavy atom. The van der Waals surface area contributed by atoms with Crippen LogP contribution in [0.5, 0.6) is 0 Å². The zero-order valence-electron chi connectivity index (χ0n) is 8.13. The third-order valence-corrected chi connectivity index (χ3v) is 1.49. The van der Waals surface area contributed by atoms with E-state index < -0.39 is 11.9 Å². The third-order valence-electron chi connectivity index (χ3n) is 1.24. The van der Waals surface area contributed by atoms with E-state index in [9.17, 15) is 9.59 Å². The van der Waals surface area contributed by atoms with Gasteiger partial charge in [-0.05, 0) is 24.3 Å². The lowest BCUT2D eigenvalue weighted by Crippen LogP contribution is -1.91. The molecule has 0 spiro atoms. The predicted octanol–water partition coefficient (Wildman–Crippen LogP) is 1.63. The van der Waals surface area contributed by atoms with Crippen molar-refractivity contribution in [2.75, 3.05) is 5.73 Å². The van der Waals surface area contributed by atoms with Crippen LogP contribution in [-0.2, 0) is 9.59 Å². The molecule has 1 rings (SSSR count). The van der Waals surface area contributed by atoms with Gasteiger partial charge in [0, 0.05) is 22.9 Å². The van der Waals surface area contributed by atoms with E-state index in [1.165, 1.54) is 0 Å². The zero-order chi connectivity index (χ0) is 12.6. The number of nitrogen functional groups attached to an aromatic ring is 1. The maximum atomic E-state index is 9.55. The standard InChI is InChI=1S/C6H6ClN.C4H4O4/c7-5-1-3-6(8)4-2-5;5-3(6)1-2-4(7)8/h1-4H,8H2;1-2H,(H,5,6)(H,7,8)/b;2-1-. The minimum absolute atomic E-state index is 0.558. The highest BCUT2D eigenvalue weighted by Crippen LogP contribution is 2.09. The minimum atomic E-state index is -1.26. The van der Waals surface area contributed by atoms with E-state index in [2.05, 4.69) is 0 Å². The lowest BCUT2D eigenvalue weighted by Gasteiger charge is -1.88. The van der Waals surface area contributed by atoms with Gasteiger partial charge in [0.05, 0.1) is 0 Å². The molecule has 0 aromatic heterocycles. The lowest BCUT2D eigenvalue weighted by atomic mass is 10.3. The van der Waals surface area contributed by atoms with Crippen molar-refractivity contribution in [3.8, 4) is 0 Å². The van der Waals surface area contributed by atoms with Crippen LogP contribution in [0.1, 0.15) is 0 Å². The molecule has 6 heteroatoms. The van der Waals surface area contributed by atoms with Crippen molar-refractivity contribution in [1.29, 1.82) is 0 Å². The Morgan fingerprint density at radius 3 is 1.69 bits per heavy atom. The van der Waals surface area contributed by atoms with Crippen LogP contribution in [0, 0.1) is 0 Å². The van der Waals surface area contributed by atoms with Gasteiger partial charge in [-0.3, -0.25) is 0 Å². The number of carbonyl (C=O) groups is 2. The molecule has 0 fully saturated rings. The summed E-state index contributed by atoms with van der Waals surface area (Å²) >= 11 is 5.56. The average molecular weight is 244 g/mol. The molecule has 16 heavy (non-hydrogen) atoms. The number of anilines is 1. The zero-order valence-corrected chi connectivity index (χ0v) is 8.89. The van der Waals surface area contributed by atoms with Gasteiger partial charge in [-0.2, -0.15) is 0 Å². The van der Waals surface area contributed by atoms with E-state index in [0.29, 0.717) is 12.2 Å². The summed E-state index contributed by atoms with van der Waals surface area (Å²) in [5, 5.41) is 16.3. The molecule has 0 heterocycles. The van der Waals surface area contributed by atoms with Crippen LogP contribution >= 0.6 is 11.6 Å². The van der Waals surface area contributed by atoms with Crippen molar-refractivity contribution in [3.63, 3.8) is 0 Å². The normalized spacial score (nSPS) is 9.31. The first-order chi connectivity index (χ1) is 7.41. The van der Waals surface area contributed by atoms with E-state index in [0.717, 1.165) is 10.7 Å². The number of benzene rings is 1. The summed E-state index contributed by atoms with van der Waals surface area (Å²) in [7, 11) is 0. The topological polar surface area (TPSA) is 101 Å². The molecule has 0 saturated carbocycles. The fourth-order valence-corrected chi connectivity index (χ4v) is 0.731. The second-order valence-corrected chi connectivity index (χ2v) is 3.00. The van der Waals surface area contributed by atoms with Gasteiger partial charge < -0.3 is 15.9 Å². The Bertz CT molecular complexity index is 349. The van der Waals surface area contributed by atoms with E-state index in [1.54, 1.807) is 24.3 Å². The van der Waals surface area contributed by atoms with Crippen molar-refractivity contribution in [2.24, 2.45) is 0 Å². The fraction of sp³-hybridized carbons (Fsp3) is 0. The van der Waals surface area contributed by atoms with Gasteiger partial charge in [-0.1, -0.05) is 11.6 Å². The molecule has 0 unspecified atom stereocenters. The molecule has 0 saturated heterocycles. The van der Waals surface area contributed by atoms with Gasteiger partial charge in [0.2, 0.25) is 0 Å². The summed E-state index contributed by atoms with van der Waals surface area (Å²) in [6.45, 7) is 0. The minimum Gasteiger partial charge on any atom is -0.478 e. The maximum absolute atomic E-state index is 9.55. The van der Waals surface area contributed by atoms with Crippen molar-refractivity contribution in [2.45, 2.75) is 0 Å². The van der Waals surface area contributed by atoms with Gasteiger partial charge in [-0.25, -0.2) is 9.59 Å². The Balaban J connectivity index is 0.000000281. The van der Waals surface area contributed by atoms with Crippen LogP contribution in [0.4, 0.5) is 5.69 Å². The smallest absolute Gasteiger partial charge is 0.328 e. The number of carboxylic acids is 2. The summed E-state index contributed by atoms with van der Waals surface area (Å²) in [6.07, 6.45) is 1.12. The molecule has 0 radical (unpaired) electrons. The second kappa shape index (κ2) is 7.30. The lowest BCUT2D eigenvalue weighted by molar-refractivity contribution is -0.134. The number of aliphatic carboxylic acids is 2. The van der Waals surface area contributed by atoms with E-state index in [-0.39, 0.29) is 0 Å². The molecule has 0 aliphatic heterocycles. The van der Waals surface area contributed by atoms with Crippen LogP contribution in [0.15, 0.2) is 36.4 Å². The maximum Gasteiger partial charge on any atom is 0.328 e. The second-order valence-electron chi connectivity index (χ2n) is 2.56. The molecule has 0 atom stereocenters. The Labute approximate surface area is 96.8 Å². The molecule has 86 valence electrons. The van der Waals surface area contributed by atoms with Gasteiger partial charge in [0.15, 0.2) is 0 Å². The molecule has 0 aliphatic carbocycles. The third kappa shape index (κ3) is 8.58. The molecule has 5 nitrogen and oxygen atoms in total. The molecule has 1 aromatic carbocycles. The molecule has 4 N–H and O–H groups in total. The van der Waals surface area contributed by atoms with Crippen LogP contribution in [0.2, 0.25) is 5.02 Å². The quantitative estimate of drug-likeness (QED) is 0.541. The first kappa shape index (κ1) is 14.0. The van der Waals surface area contributed by atoms with Crippen LogP contribution < -0.4 is 5.73 Å². The SMILES string of the molecule is Nc1ccc(Cl)cc1.O=C(O)/C=C\C(=O)O. The van der Waals surface area contributed by atoms with E-state index in [1.807, 2.05) is 0 Å². The first-order valence-corrected chi connectivity index (χ1v) is 4.44. The Hall–Kier alpha value is -2.01. The number of halogens is 1. The molecule has 0 aliphatic rings. The van der Waals surface area contributed by atoms with Crippen LogP contribution in [-0.4, -0.2) is 22.2 Å². The van der Waals surface area contributed by atoms with Crippen molar-refractivity contribution < 1.29 is 19.8 Å².